The fourth-order valence-electron chi connectivity index (χ4n) is 3.03. The lowest BCUT2D eigenvalue weighted by molar-refractivity contribution is -0.161. The van der Waals surface area contributed by atoms with Gasteiger partial charge in [0.25, 0.3) is 11.8 Å². The van der Waals surface area contributed by atoms with Gasteiger partial charge in [-0.1, -0.05) is 24.3 Å². The van der Waals surface area contributed by atoms with Crippen LogP contribution in [0.15, 0.2) is 48.5 Å². The van der Waals surface area contributed by atoms with Crippen LogP contribution in [0.4, 0.5) is 8.78 Å². The van der Waals surface area contributed by atoms with Gasteiger partial charge in [-0.3, -0.25) is 9.59 Å². The number of hydrogen-bond acceptors (Lipinski definition) is 4. The molecule has 2 aromatic carbocycles. The SMILES string of the molecule is O=C1CSC(c2ccc(F)cc2)N1N1C(=O)CSC1c1ccc(F)cc1. The highest BCUT2D eigenvalue weighted by atomic mass is 32.2. The number of thioether (sulfide) groups is 2. The van der Waals surface area contributed by atoms with Crippen LogP contribution in [-0.2, 0) is 9.59 Å². The van der Waals surface area contributed by atoms with Gasteiger partial charge < -0.3 is 0 Å². The zero-order chi connectivity index (χ0) is 18.3. The topological polar surface area (TPSA) is 40.6 Å². The Balaban J connectivity index is 1.69. The molecule has 2 atom stereocenters. The number of hydrazine groups is 1. The van der Waals surface area contributed by atoms with Crippen LogP contribution in [0.25, 0.3) is 0 Å². The second kappa shape index (κ2) is 6.92. The molecule has 2 aliphatic rings. The van der Waals surface area contributed by atoms with Crippen LogP contribution < -0.4 is 0 Å². The molecule has 2 fully saturated rings. The number of rotatable bonds is 3. The van der Waals surface area contributed by atoms with Crippen LogP contribution in [0.1, 0.15) is 21.9 Å². The maximum absolute atomic E-state index is 13.2. The van der Waals surface area contributed by atoms with Crippen LogP contribution in [0.2, 0.25) is 0 Å². The van der Waals surface area contributed by atoms with Crippen molar-refractivity contribution in [1.29, 1.82) is 0 Å². The minimum absolute atomic E-state index is 0.174. The van der Waals surface area contributed by atoms with E-state index in [1.165, 1.54) is 57.8 Å². The van der Waals surface area contributed by atoms with Gasteiger partial charge in [-0.2, -0.15) is 0 Å². The number of amides is 2. The average molecular weight is 392 g/mol. The molecular formula is C18H14F2N2O2S2. The summed E-state index contributed by atoms with van der Waals surface area (Å²) in [4.78, 5) is 25.1. The lowest BCUT2D eigenvalue weighted by atomic mass is 10.2. The Bertz CT molecular complexity index is 774. The minimum Gasteiger partial charge on any atom is -0.272 e. The second-order valence-electron chi connectivity index (χ2n) is 5.91. The summed E-state index contributed by atoms with van der Waals surface area (Å²) in [6.45, 7) is 0. The molecular weight excluding hydrogens is 378 g/mol. The van der Waals surface area contributed by atoms with E-state index in [-0.39, 0.29) is 35.0 Å². The van der Waals surface area contributed by atoms with Gasteiger partial charge in [-0.25, -0.2) is 18.8 Å². The zero-order valence-electron chi connectivity index (χ0n) is 13.5. The maximum atomic E-state index is 13.2. The van der Waals surface area contributed by atoms with E-state index in [4.69, 9.17) is 0 Å². The molecule has 0 radical (unpaired) electrons. The van der Waals surface area contributed by atoms with Crippen molar-refractivity contribution in [1.82, 2.24) is 10.0 Å². The molecule has 0 spiro atoms. The molecule has 26 heavy (non-hydrogen) atoms. The summed E-state index contributed by atoms with van der Waals surface area (Å²) in [5.41, 5.74) is 1.51. The molecule has 2 aromatic rings. The van der Waals surface area contributed by atoms with Crippen LogP contribution >= 0.6 is 23.5 Å². The largest absolute Gasteiger partial charge is 0.272 e. The Morgan fingerprint density at radius 3 is 1.38 bits per heavy atom. The number of nitrogens with zero attached hydrogens (tertiary/aromatic N) is 2. The van der Waals surface area contributed by atoms with E-state index in [0.29, 0.717) is 0 Å². The van der Waals surface area contributed by atoms with E-state index in [1.807, 2.05) is 0 Å². The number of hydrogen-bond donors (Lipinski definition) is 0. The summed E-state index contributed by atoms with van der Waals surface area (Å²) in [5, 5.41) is 2.14. The van der Waals surface area contributed by atoms with Gasteiger partial charge in [0.1, 0.15) is 22.4 Å². The Morgan fingerprint density at radius 1 is 0.692 bits per heavy atom. The molecule has 134 valence electrons. The summed E-state index contributed by atoms with van der Waals surface area (Å²) >= 11 is 2.79. The van der Waals surface area contributed by atoms with Crippen molar-refractivity contribution in [3.63, 3.8) is 0 Å². The standard InChI is InChI=1S/C18H14F2N2O2S2/c19-13-5-1-11(2-6-13)17-21(15(23)9-25-17)22-16(24)10-26-18(22)12-3-7-14(20)8-4-12/h1-8,17-18H,9-10H2. The van der Waals surface area contributed by atoms with Gasteiger partial charge in [-0.05, 0) is 35.4 Å². The van der Waals surface area contributed by atoms with Gasteiger partial charge in [0.15, 0.2) is 0 Å². The highest BCUT2D eigenvalue weighted by Gasteiger charge is 2.45. The first-order valence-corrected chi connectivity index (χ1v) is 10.0. The van der Waals surface area contributed by atoms with Crippen LogP contribution in [0, 0.1) is 11.6 Å². The van der Waals surface area contributed by atoms with E-state index < -0.39 is 10.7 Å². The molecule has 0 N–H and O–H groups in total. The van der Waals surface area contributed by atoms with Gasteiger partial charge in [-0.15, -0.1) is 23.5 Å². The monoisotopic (exact) mass is 392 g/mol. The quantitative estimate of drug-likeness (QED) is 0.798. The Kier molecular flexibility index (Phi) is 4.62. The Labute approximate surface area is 157 Å². The first-order valence-electron chi connectivity index (χ1n) is 7.93. The van der Waals surface area contributed by atoms with Gasteiger partial charge in [0.05, 0.1) is 11.5 Å². The molecule has 4 rings (SSSR count). The number of carbonyl (C=O) groups excluding carboxylic acids is 2. The van der Waals surface area contributed by atoms with Crippen molar-refractivity contribution in [2.24, 2.45) is 0 Å². The van der Waals surface area contributed by atoms with E-state index in [1.54, 1.807) is 24.3 Å². The van der Waals surface area contributed by atoms with Crippen molar-refractivity contribution >= 4 is 35.3 Å². The van der Waals surface area contributed by atoms with Crippen molar-refractivity contribution in [3.05, 3.63) is 71.3 Å². The summed E-state index contributed by atoms with van der Waals surface area (Å²) in [5.74, 6) is -0.572. The molecule has 2 heterocycles. The zero-order valence-corrected chi connectivity index (χ0v) is 15.1. The third kappa shape index (κ3) is 3.07. The fraction of sp³-hybridized carbons (Fsp3) is 0.222. The predicted octanol–water partition coefficient (Wildman–Crippen LogP) is 3.73. The fourth-order valence-corrected chi connectivity index (χ4v) is 5.32. The first-order chi connectivity index (χ1) is 12.5. The lowest BCUT2D eigenvalue weighted by Gasteiger charge is -2.36. The molecule has 2 saturated heterocycles. The van der Waals surface area contributed by atoms with Crippen molar-refractivity contribution < 1.29 is 18.4 Å². The van der Waals surface area contributed by atoms with Crippen LogP contribution in [0.5, 0.6) is 0 Å². The van der Waals surface area contributed by atoms with Gasteiger partial charge in [0.2, 0.25) is 0 Å². The third-order valence-electron chi connectivity index (χ3n) is 4.23. The molecule has 0 aliphatic carbocycles. The lowest BCUT2D eigenvalue weighted by Crippen LogP contribution is -2.47. The molecule has 4 nitrogen and oxygen atoms in total. The second-order valence-corrected chi connectivity index (χ2v) is 8.04. The highest BCUT2D eigenvalue weighted by Crippen LogP contribution is 2.47. The minimum atomic E-state index is -0.395. The van der Waals surface area contributed by atoms with Crippen molar-refractivity contribution in [3.8, 4) is 0 Å². The molecule has 0 bridgehead atoms. The van der Waals surface area contributed by atoms with Crippen LogP contribution in [-0.4, -0.2) is 33.3 Å². The maximum Gasteiger partial charge on any atom is 0.252 e. The molecule has 8 heteroatoms. The predicted molar refractivity (Wildman–Crippen MR) is 96.9 cm³/mol. The van der Waals surface area contributed by atoms with Crippen molar-refractivity contribution in [2.75, 3.05) is 11.5 Å². The van der Waals surface area contributed by atoms with E-state index in [9.17, 15) is 18.4 Å². The summed E-state index contributed by atoms with van der Waals surface area (Å²) in [6, 6.07) is 11.9. The smallest absolute Gasteiger partial charge is 0.252 e. The number of carbonyl (C=O) groups is 2. The molecule has 2 amide bonds. The van der Waals surface area contributed by atoms with Gasteiger partial charge >= 0.3 is 0 Å². The van der Waals surface area contributed by atoms with E-state index in [2.05, 4.69) is 0 Å². The Morgan fingerprint density at radius 2 is 1.04 bits per heavy atom. The Hall–Kier alpha value is -2.06. The third-order valence-corrected chi connectivity index (χ3v) is 6.63. The summed E-state index contributed by atoms with van der Waals surface area (Å²) in [7, 11) is 0. The van der Waals surface area contributed by atoms with Gasteiger partial charge in [0, 0.05) is 0 Å². The normalized spacial score (nSPS) is 23.2. The molecule has 2 unspecified atom stereocenters. The number of benzene rings is 2. The van der Waals surface area contributed by atoms with E-state index >= 15 is 0 Å². The molecule has 2 aliphatic heterocycles. The van der Waals surface area contributed by atoms with E-state index in [0.717, 1.165) is 11.1 Å². The first kappa shape index (κ1) is 17.4. The molecule has 0 aromatic heterocycles. The van der Waals surface area contributed by atoms with Crippen LogP contribution in [0.3, 0.4) is 0 Å². The van der Waals surface area contributed by atoms with Crippen molar-refractivity contribution in [2.45, 2.75) is 10.7 Å². The molecule has 0 saturated carbocycles. The average Bonchev–Trinajstić information content (AvgIpc) is 3.19. The highest BCUT2D eigenvalue weighted by molar-refractivity contribution is 8.01. The summed E-state index contributed by atoms with van der Waals surface area (Å²) in [6.07, 6.45) is 0. The summed E-state index contributed by atoms with van der Waals surface area (Å²) < 4.78 is 26.5. The number of halogens is 2.